The molecule has 16 heavy (non-hydrogen) atoms. The molecule has 0 spiro atoms. The van der Waals surface area contributed by atoms with E-state index in [2.05, 4.69) is 22.0 Å². The van der Waals surface area contributed by atoms with Gasteiger partial charge in [-0.1, -0.05) is 11.6 Å². The highest BCUT2D eigenvalue weighted by Crippen LogP contribution is 2.10. The van der Waals surface area contributed by atoms with Gasteiger partial charge in [0.25, 0.3) is 0 Å². The van der Waals surface area contributed by atoms with Gasteiger partial charge >= 0.3 is 0 Å². The van der Waals surface area contributed by atoms with Crippen molar-refractivity contribution < 1.29 is 4.74 Å². The Kier molecular flexibility index (Phi) is 4.09. The van der Waals surface area contributed by atoms with Crippen LogP contribution in [0.25, 0.3) is 0 Å². The standard InChI is InChI=1S/C11H16ClN3O/c1-9-7-15(5-2-6-16-9)8-10-3-4-11(12)14-13-10/h3-4,9H,2,5-8H2,1H3. The zero-order valence-corrected chi connectivity index (χ0v) is 10.2. The minimum absolute atomic E-state index is 0.294. The number of nitrogens with zero attached hydrogens (tertiary/aromatic N) is 3. The van der Waals surface area contributed by atoms with Crippen molar-refractivity contribution in [2.75, 3.05) is 19.7 Å². The number of ether oxygens (including phenoxy) is 1. The molecule has 1 aromatic heterocycles. The Morgan fingerprint density at radius 2 is 2.38 bits per heavy atom. The maximum Gasteiger partial charge on any atom is 0.151 e. The Balaban J connectivity index is 1.95. The lowest BCUT2D eigenvalue weighted by atomic mass is 10.3. The fourth-order valence-electron chi connectivity index (χ4n) is 1.88. The smallest absolute Gasteiger partial charge is 0.151 e. The van der Waals surface area contributed by atoms with Crippen LogP contribution in [0, 0.1) is 0 Å². The summed E-state index contributed by atoms with van der Waals surface area (Å²) >= 11 is 5.70. The van der Waals surface area contributed by atoms with Crippen molar-refractivity contribution in [3.63, 3.8) is 0 Å². The summed E-state index contributed by atoms with van der Waals surface area (Å²) in [5, 5.41) is 8.35. The van der Waals surface area contributed by atoms with Crippen molar-refractivity contribution in [1.82, 2.24) is 15.1 Å². The second-order valence-corrected chi connectivity index (χ2v) is 4.50. The van der Waals surface area contributed by atoms with E-state index >= 15 is 0 Å². The van der Waals surface area contributed by atoms with E-state index < -0.39 is 0 Å². The van der Waals surface area contributed by atoms with Crippen molar-refractivity contribution in [1.29, 1.82) is 0 Å². The minimum atomic E-state index is 0.294. The van der Waals surface area contributed by atoms with E-state index in [1.54, 1.807) is 6.07 Å². The first kappa shape index (κ1) is 11.8. The summed E-state index contributed by atoms with van der Waals surface area (Å²) < 4.78 is 5.59. The average molecular weight is 242 g/mol. The Labute approximate surface area is 101 Å². The molecule has 0 aliphatic carbocycles. The van der Waals surface area contributed by atoms with Gasteiger partial charge in [-0.2, -0.15) is 5.10 Å². The number of hydrogen-bond acceptors (Lipinski definition) is 4. The van der Waals surface area contributed by atoms with E-state index in [1.165, 1.54) is 0 Å². The fourth-order valence-corrected chi connectivity index (χ4v) is 1.98. The third kappa shape index (κ3) is 3.40. The van der Waals surface area contributed by atoms with Gasteiger partial charge in [0.05, 0.1) is 11.8 Å². The zero-order chi connectivity index (χ0) is 11.4. The number of halogens is 1. The summed E-state index contributed by atoms with van der Waals surface area (Å²) in [6.45, 7) is 5.77. The average Bonchev–Trinajstić information content (AvgIpc) is 2.46. The first-order valence-corrected chi connectivity index (χ1v) is 5.94. The molecule has 2 rings (SSSR count). The molecule has 1 aromatic rings. The van der Waals surface area contributed by atoms with Crippen LogP contribution in [-0.4, -0.2) is 40.9 Å². The summed E-state index contributed by atoms with van der Waals surface area (Å²) in [5.74, 6) is 0. The summed E-state index contributed by atoms with van der Waals surface area (Å²) in [4.78, 5) is 2.34. The van der Waals surface area contributed by atoms with Crippen molar-refractivity contribution in [2.45, 2.75) is 26.0 Å². The van der Waals surface area contributed by atoms with Crippen molar-refractivity contribution >= 4 is 11.6 Å². The highest BCUT2D eigenvalue weighted by Gasteiger charge is 2.15. The van der Waals surface area contributed by atoms with Crippen LogP contribution in [0.4, 0.5) is 0 Å². The summed E-state index contributed by atoms with van der Waals surface area (Å²) in [5.41, 5.74) is 0.957. The number of hydrogen-bond donors (Lipinski definition) is 0. The van der Waals surface area contributed by atoms with E-state index in [-0.39, 0.29) is 0 Å². The van der Waals surface area contributed by atoms with Gasteiger partial charge in [0, 0.05) is 26.2 Å². The maximum absolute atomic E-state index is 5.70. The third-order valence-electron chi connectivity index (χ3n) is 2.61. The quantitative estimate of drug-likeness (QED) is 0.791. The number of aromatic nitrogens is 2. The predicted octanol–water partition coefficient (Wildman–Crippen LogP) is 1.74. The minimum Gasteiger partial charge on any atom is -0.377 e. The molecule has 0 saturated carbocycles. The monoisotopic (exact) mass is 241 g/mol. The Bertz CT molecular complexity index is 331. The first-order chi connectivity index (χ1) is 7.74. The van der Waals surface area contributed by atoms with Gasteiger partial charge < -0.3 is 4.74 Å². The highest BCUT2D eigenvalue weighted by molar-refractivity contribution is 6.29. The molecule has 2 heterocycles. The lowest BCUT2D eigenvalue weighted by Gasteiger charge is -2.20. The molecule has 1 aliphatic heterocycles. The lowest BCUT2D eigenvalue weighted by molar-refractivity contribution is 0.0666. The van der Waals surface area contributed by atoms with Gasteiger partial charge in [-0.05, 0) is 25.5 Å². The van der Waals surface area contributed by atoms with Crippen LogP contribution in [0.15, 0.2) is 12.1 Å². The molecule has 1 aliphatic rings. The van der Waals surface area contributed by atoms with E-state index in [9.17, 15) is 0 Å². The van der Waals surface area contributed by atoms with E-state index in [0.29, 0.717) is 11.3 Å². The first-order valence-electron chi connectivity index (χ1n) is 5.56. The predicted molar refractivity (Wildman–Crippen MR) is 62.4 cm³/mol. The summed E-state index contributed by atoms with van der Waals surface area (Å²) in [7, 11) is 0. The topological polar surface area (TPSA) is 38.2 Å². The molecule has 88 valence electrons. The molecule has 0 bridgehead atoms. The molecule has 1 unspecified atom stereocenters. The van der Waals surface area contributed by atoms with Gasteiger partial charge in [-0.25, -0.2) is 0 Å². The van der Waals surface area contributed by atoms with Crippen LogP contribution in [-0.2, 0) is 11.3 Å². The molecular weight excluding hydrogens is 226 g/mol. The van der Waals surface area contributed by atoms with E-state index in [1.807, 2.05) is 6.07 Å². The Morgan fingerprint density at radius 1 is 1.50 bits per heavy atom. The molecule has 4 nitrogen and oxygen atoms in total. The molecule has 0 aromatic carbocycles. The van der Waals surface area contributed by atoms with E-state index in [0.717, 1.165) is 38.4 Å². The summed E-state index contributed by atoms with van der Waals surface area (Å²) in [6, 6.07) is 3.70. The van der Waals surface area contributed by atoms with Gasteiger partial charge in [0.2, 0.25) is 0 Å². The van der Waals surface area contributed by atoms with Gasteiger partial charge in [0.15, 0.2) is 5.15 Å². The second kappa shape index (κ2) is 5.57. The van der Waals surface area contributed by atoms with Gasteiger partial charge in [-0.15, -0.1) is 5.10 Å². The SMILES string of the molecule is CC1CN(Cc2ccc(Cl)nn2)CCCO1. The van der Waals surface area contributed by atoms with Crippen molar-refractivity contribution in [3.05, 3.63) is 23.0 Å². The van der Waals surface area contributed by atoms with Crippen molar-refractivity contribution in [2.24, 2.45) is 0 Å². The van der Waals surface area contributed by atoms with Crippen LogP contribution >= 0.6 is 11.6 Å². The Hall–Kier alpha value is -0.710. The van der Waals surface area contributed by atoms with Crippen LogP contribution in [0.1, 0.15) is 19.0 Å². The highest BCUT2D eigenvalue weighted by atomic mass is 35.5. The summed E-state index contributed by atoms with van der Waals surface area (Å²) in [6.07, 6.45) is 1.37. The normalized spacial score (nSPS) is 23.0. The third-order valence-corrected chi connectivity index (χ3v) is 2.81. The lowest BCUT2D eigenvalue weighted by Crippen LogP contribution is -2.30. The molecule has 1 atom stereocenters. The molecular formula is C11H16ClN3O. The molecule has 1 saturated heterocycles. The largest absolute Gasteiger partial charge is 0.377 e. The molecule has 0 N–H and O–H groups in total. The van der Waals surface area contributed by atoms with Gasteiger partial charge in [-0.3, -0.25) is 4.90 Å². The molecule has 0 amide bonds. The van der Waals surface area contributed by atoms with Crippen LogP contribution in [0.5, 0.6) is 0 Å². The van der Waals surface area contributed by atoms with Crippen LogP contribution in [0.2, 0.25) is 5.15 Å². The molecule has 5 heteroatoms. The van der Waals surface area contributed by atoms with Crippen LogP contribution < -0.4 is 0 Å². The fraction of sp³-hybridized carbons (Fsp3) is 0.636. The second-order valence-electron chi connectivity index (χ2n) is 4.12. The molecule has 1 fully saturated rings. The Morgan fingerprint density at radius 3 is 3.12 bits per heavy atom. The van der Waals surface area contributed by atoms with Gasteiger partial charge in [0.1, 0.15) is 0 Å². The zero-order valence-electron chi connectivity index (χ0n) is 9.40. The molecule has 0 radical (unpaired) electrons. The number of rotatable bonds is 2. The van der Waals surface area contributed by atoms with Crippen molar-refractivity contribution in [3.8, 4) is 0 Å². The van der Waals surface area contributed by atoms with Crippen LogP contribution in [0.3, 0.4) is 0 Å². The van der Waals surface area contributed by atoms with E-state index in [4.69, 9.17) is 16.3 Å². The maximum atomic E-state index is 5.70.